The number of nitrogens with two attached hydrogens (primary N) is 1. The molecule has 0 unspecified atom stereocenters. The smallest absolute Gasteiger partial charge is 0.173 e. The number of nitrogen functional groups attached to an aromatic ring is 1. The molecule has 0 atom stereocenters. The Kier molecular flexibility index (Phi) is 3.47. The zero-order valence-corrected chi connectivity index (χ0v) is 10.9. The van der Waals surface area contributed by atoms with Crippen molar-refractivity contribution in [1.29, 1.82) is 0 Å². The summed E-state index contributed by atoms with van der Waals surface area (Å²) in [5, 5.41) is 0. The van der Waals surface area contributed by atoms with Crippen LogP contribution in [0.3, 0.4) is 0 Å². The highest BCUT2D eigenvalue weighted by molar-refractivity contribution is 9.10. The number of rotatable bonds is 3. The predicted molar refractivity (Wildman–Crippen MR) is 66.0 cm³/mol. The van der Waals surface area contributed by atoms with Crippen LogP contribution in [-0.2, 0) is 11.3 Å². The van der Waals surface area contributed by atoms with Gasteiger partial charge in [0.15, 0.2) is 5.82 Å². The minimum Gasteiger partial charge on any atom is -0.383 e. The Morgan fingerprint density at radius 1 is 1.50 bits per heavy atom. The lowest BCUT2D eigenvalue weighted by atomic mass is 10.4. The summed E-state index contributed by atoms with van der Waals surface area (Å²) in [5.74, 6) is 0.987. The van der Waals surface area contributed by atoms with Crippen molar-refractivity contribution in [3.63, 3.8) is 0 Å². The van der Waals surface area contributed by atoms with Gasteiger partial charge in [0.2, 0.25) is 0 Å². The van der Waals surface area contributed by atoms with E-state index < -0.39 is 0 Å². The van der Waals surface area contributed by atoms with Crippen molar-refractivity contribution in [1.82, 2.24) is 15.0 Å². The molecule has 2 rings (SSSR count). The molecular formula is C9H9BrN4OS. The molecule has 0 saturated heterocycles. The van der Waals surface area contributed by atoms with E-state index in [1.54, 1.807) is 18.8 Å². The van der Waals surface area contributed by atoms with Crippen molar-refractivity contribution >= 4 is 33.1 Å². The number of hydrogen-bond acceptors (Lipinski definition) is 6. The molecule has 0 fully saturated rings. The van der Waals surface area contributed by atoms with Gasteiger partial charge in [0, 0.05) is 13.3 Å². The van der Waals surface area contributed by atoms with Crippen molar-refractivity contribution in [3.05, 3.63) is 21.9 Å². The second-order valence-electron chi connectivity index (χ2n) is 2.99. The lowest BCUT2D eigenvalue weighted by Crippen LogP contribution is -2.03. The summed E-state index contributed by atoms with van der Waals surface area (Å²) in [7, 11) is 1.61. The van der Waals surface area contributed by atoms with Gasteiger partial charge in [0.25, 0.3) is 0 Å². The van der Waals surface area contributed by atoms with E-state index in [0.717, 1.165) is 10.6 Å². The molecule has 0 aliphatic rings. The topological polar surface area (TPSA) is 73.9 Å². The van der Waals surface area contributed by atoms with Crippen LogP contribution in [0.15, 0.2) is 16.2 Å². The Labute approximate surface area is 105 Å². The highest BCUT2D eigenvalue weighted by Gasteiger charge is 2.12. The maximum Gasteiger partial charge on any atom is 0.173 e. The van der Waals surface area contributed by atoms with E-state index in [9.17, 15) is 0 Å². The molecule has 5 nitrogen and oxygen atoms in total. The van der Waals surface area contributed by atoms with Crippen LogP contribution in [0.5, 0.6) is 0 Å². The first kappa shape index (κ1) is 11.4. The summed E-state index contributed by atoms with van der Waals surface area (Å²) in [5.41, 5.74) is 8.25. The van der Waals surface area contributed by atoms with Crippen LogP contribution >= 0.6 is 27.3 Å². The van der Waals surface area contributed by atoms with Gasteiger partial charge >= 0.3 is 0 Å². The average molecular weight is 301 g/mol. The van der Waals surface area contributed by atoms with Gasteiger partial charge in [0.05, 0.1) is 27.2 Å². The maximum absolute atomic E-state index is 5.79. The van der Waals surface area contributed by atoms with Gasteiger partial charge in [-0.25, -0.2) is 9.97 Å². The summed E-state index contributed by atoms with van der Waals surface area (Å²) in [6.07, 6.45) is 1.71. The number of methoxy groups -OCH3 is 1. The fourth-order valence-electron chi connectivity index (χ4n) is 1.18. The number of anilines is 1. The van der Waals surface area contributed by atoms with E-state index >= 15 is 0 Å². The molecule has 7 heteroatoms. The fraction of sp³-hybridized carbons (Fsp3) is 0.222. The highest BCUT2D eigenvalue weighted by Crippen LogP contribution is 2.27. The third-order valence-corrected chi connectivity index (χ3v) is 3.51. The molecule has 16 heavy (non-hydrogen) atoms. The minimum atomic E-state index is 0.388. The van der Waals surface area contributed by atoms with Crippen LogP contribution in [0.25, 0.3) is 10.7 Å². The van der Waals surface area contributed by atoms with Crippen molar-refractivity contribution in [2.75, 3.05) is 12.8 Å². The first-order chi connectivity index (χ1) is 7.72. The summed E-state index contributed by atoms with van der Waals surface area (Å²) < 4.78 is 5.73. The number of thiazole rings is 1. The Bertz CT molecular complexity index is 489. The van der Waals surface area contributed by atoms with Crippen molar-refractivity contribution < 1.29 is 4.74 Å². The van der Waals surface area contributed by atoms with Crippen molar-refractivity contribution in [3.8, 4) is 10.7 Å². The number of aromatic nitrogens is 3. The van der Waals surface area contributed by atoms with E-state index in [-0.39, 0.29) is 0 Å². The normalized spacial score (nSPS) is 10.6. The van der Waals surface area contributed by atoms with Crippen LogP contribution < -0.4 is 5.73 Å². The largest absolute Gasteiger partial charge is 0.383 e. The van der Waals surface area contributed by atoms with Crippen LogP contribution in [0, 0.1) is 0 Å². The standard InChI is InChI=1S/C9H9BrN4OS/c1-15-3-5-7(10)8(11)14-9(13-5)6-2-12-4-16-6/h2,4H,3H2,1H3,(H2,11,13,14). The molecule has 2 heterocycles. The molecule has 84 valence electrons. The van der Waals surface area contributed by atoms with E-state index in [4.69, 9.17) is 10.5 Å². The Hall–Kier alpha value is -1.05. The molecular weight excluding hydrogens is 292 g/mol. The third kappa shape index (κ3) is 2.21. The predicted octanol–water partition coefficient (Wildman–Crippen LogP) is 2.09. The van der Waals surface area contributed by atoms with Crippen molar-refractivity contribution in [2.45, 2.75) is 6.61 Å². The molecule has 0 spiro atoms. The number of halogens is 1. The van der Waals surface area contributed by atoms with Gasteiger partial charge in [-0.05, 0) is 15.9 Å². The van der Waals surface area contributed by atoms with Gasteiger partial charge in [-0.1, -0.05) is 0 Å². The molecule has 0 amide bonds. The number of nitrogens with zero attached hydrogens (tertiary/aromatic N) is 3. The number of ether oxygens (including phenoxy) is 1. The summed E-state index contributed by atoms with van der Waals surface area (Å²) in [6.45, 7) is 0.388. The SMILES string of the molecule is COCc1nc(-c2cncs2)nc(N)c1Br. The third-order valence-electron chi connectivity index (χ3n) is 1.88. The second kappa shape index (κ2) is 4.86. The monoisotopic (exact) mass is 300 g/mol. The summed E-state index contributed by atoms with van der Waals surface area (Å²) in [4.78, 5) is 13.4. The van der Waals surface area contributed by atoms with E-state index in [1.165, 1.54) is 11.3 Å². The van der Waals surface area contributed by atoms with E-state index in [2.05, 4.69) is 30.9 Å². The highest BCUT2D eigenvalue weighted by atomic mass is 79.9. The Morgan fingerprint density at radius 3 is 2.94 bits per heavy atom. The Morgan fingerprint density at radius 2 is 2.31 bits per heavy atom. The van der Waals surface area contributed by atoms with Crippen molar-refractivity contribution in [2.24, 2.45) is 0 Å². The molecule has 0 saturated carbocycles. The van der Waals surface area contributed by atoms with Crippen LogP contribution in [-0.4, -0.2) is 22.1 Å². The fourth-order valence-corrected chi connectivity index (χ4v) is 2.03. The zero-order valence-electron chi connectivity index (χ0n) is 8.48. The number of hydrogen-bond donors (Lipinski definition) is 1. The van der Waals surface area contributed by atoms with Crippen LogP contribution in [0.1, 0.15) is 5.69 Å². The molecule has 0 aromatic carbocycles. The average Bonchev–Trinajstić information content (AvgIpc) is 2.78. The Balaban J connectivity index is 2.48. The lowest BCUT2D eigenvalue weighted by Gasteiger charge is -2.06. The van der Waals surface area contributed by atoms with E-state index in [0.29, 0.717) is 22.7 Å². The van der Waals surface area contributed by atoms with Gasteiger partial charge in [0.1, 0.15) is 5.82 Å². The summed E-state index contributed by atoms with van der Waals surface area (Å²) in [6, 6.07) is 0. The second-order valence-corrected chi connectivity index (χ2v) is 4.67. The van der Waals surface area contributed by atoms with Gasteiger partial charge in [-0.2, -0.15) is 0 Å². The molecule has 0 bridgehead atoms. The van der Waals surface area contributed by atoms with Crippen LogP contribution in [0.4, 0.5) is 5.82 Å². The van der Waals surface area contributed by atoms with E-state index in [1.807, 2.05) is 0 Å². The zero-order chi connectivity index (χ0) is 11.5. The quantitative estimate of drug-likeness (QED) is 0.939. The molecule has 0 aliphatic carbocycles. The molecule has 0 radical (unpaired) electrons. The summed E-state index contributed by atoms with van der Waals surface area (Å²) >= 11 is 4.81. The molecule has 2 N–H and O–H groups in total. The first-order valence-electron chi connectivity index (χ1n) is 4.42. The van der Waals surface area contributed by atoms with Gasteiger partial charge in [-0.15, -0.1) is 11.3 Å². The first-order valence-corrected chi connectivity index (χ1v) is 6.09. The molecule has 0 aliphatic heterocycles. The minimum absolute atomic E-state index is 0.388. The maximum atomic E-state index is 5.79. The van der Waals surface area contributed by atoms with Crippen LogP contribution in [0.2, 0.25) is 0 Å². The molecule has 2 aromatic heterocycles. The van der Waals surface area contributed by atoms with Gasteiger partial charge in [-0.3, -0.25) is 4.98 Å². The van der Waals surface area contributed by atoms with Gasteiger partial charge < -0.3 is 10.5 Å². The lowest BCUT2D eigenvalue weighted by molar-refractivity contribution is 0.181. The molecule has 2 aromatic rings.